The number of carboxylic acids is 1. The number of thioether (sulfide) groups is 1. The van der Waals surface area contributed by atoms with Crippen LogP contribution in [0.25, 0.3) is 0 Å². The van der Waals surface area contributed by atoms with Gasteiger partial charge in [-0.25, -0.2) is 4.79 Å². The summed E-state index contributed by atoms with van der Waals surface area (Å²) < 4.78 is 0. The van der Waals surface area contributed by atoms with Gasteiger partial charge in [-0.15, -0.1) is 0 Å². The van der Waals surface area contributed by atoms with Crippen LogP contribution in [0.4, 0.5) is 0 Å². The van der Waals surface area contributed by atoms with Crippen LogP contribution in [0.1, 0.15) is 37.8 Å². The Kier molecular flexibility index (Phi) is 13.5. The third-order valence-corrected chi connectivity index (χ3v) is 7.31. The molecule has 0 aliphatic rings. The Morgan fingerprint density at radius 1 is 0.850 bits per heavy atom. The van der Waals surface area contributed by atoms with Gasteiger partial charge in [-0.1, -0.05) is 62.7 Å². The number of amides is 3. The highest BCUT2D eigenvalue weighted by molar-refractivity contribution is 7.98. The van der Waals surface area contributed by atoms with Gasteiger partial charge >= 0.3 is 5.97 Å². The summed E-state index contributed by atoms with van der Waals surface area (Å²) in [7, 11) is 0. The number of carboxylic acid groups (broad SMARTS) is 1. The first-order valence-electron chi connectivity index (χ1n) is 13.3. The molecule has 218 valence electrons. The van der Waals surface area contributed by atoms with Crippen LogP contribution >= 0.6 is 11.8 Å². The number of nitrogens with one attached hydrogen (secondary N) is 3. The first-order valence-corrected chi connectivity index (χ1v) is 14.6. The van der Waals surface area contributed by atoms with Crippen LogP contribution in [0.3, 0.4) is 0 Å². The maximum Gasteiger partial charge on any atom is 0.326 e. The molecule has 7 N–H and O–H groups in total. The van der Waals surface area contributed by atoms with E-state index < -0.39 is 47.9 Å². The molecule has 0 saturated heterocycles. The summed E-state index contributed by atoms with van der Waals surface area (Å²) in [6, 6.07) is 11.4. The van der Waals surface area contributed by atoms with Gasteiger partial charge in [-0.2, -0.15) is 11.8 Å². The largest absolute Gasteiger partial charge is 0.508 e. The van der Waals surface area contributed by atoms with Gasteiger partial charge in [-0.05, 0) is 54.0 Å². The summed E-state index contributed by atoms with van der Waals surface area (Å²) >= 11 is 1.49. The van der Waals surface area contributed by atoms with Gasteiger partial charge < -0.3 is 31.9 Å². The topological polar surface area (TPSA) is 171 Å². The molecule has 0 heterocycles. The standard InChI is InChI=1S/C29H40N4O6S/c1-4-18(2)25(29(38)39)33-27(36)23(14-15-40-3)31-28(37)24(17-19-8-6-5-7-9-19)32-26(35)22(30)16-20-10-12-21(34)13-11-20/h5-13,18,22-25,34H,4,14-17,30H2,1-3H3,(H,31,37)(H,32,35)(H,33,36)(H,38,39). The molecule has 0 saturated carbocycles. The number of aliphatic carboxylic acids is 1. The lowest BCUT2D eigenvalue weighted by Gasteiger charge is -2.26. The van der Waals surface area contributed by atoms with Crippen LogP contribution in [0.5, 0.6) is 5.75 Å². The molecule has 40 heavy (non-hydrogen) atoms. The molecule has 0 aliphatic heterocycles. The quantitative estimate of drug-likeness (QED) is 0.177. The summed E-state index contributed by atoms with van der Waals surface area (Å²) in [4.78, 5) is 51.4. The number of nitrogens with two attached hydrogens (primary N) is 1. The maximum absolute atomic E-state index is 13.5. The molecule has 0 spiro atoms. The zero-order valence-electron chi connectivity index (χ0n) is 23.1. The van der Waals surface area contributed by atoms with Crippen LogP contribution in [-0.4, -0.2) is 70.1 Å². The van der Waals surface area contributed by atoms with Crippen molar-refractivity contribution in [2.45, 2.75) is 63.7 Å². The normalized spacial score (nSPS) is 14.7. The molecule has 2 rings (SSSR count). The molecular formula is C29H40N4O6S. The fourth-order valence-corrected chi connectivity index (χ4v) is 4.50. The number of rotatable bonds is 16. The minimum Gasteiger partial charge on any atom is -0.508 e. The van der Waals surface area contributed by atoms with E-state index >= 15 is 0 Å². The van der Waals surface area contributed by atoms with Gasteiger partial charge in [0, 0.05) is 6.42 Å². The molecule has 0 bridgehead atoms. The van der Waals surface area contributed by atoms with Crippen LogP contribution in [0, 0.1) is 5.92 Å². The monoisotopic (exact) mass is 572 g/mol. The van der Waals surface area contributed by atoms with E-state index in [1.54, 1.807) is 19.1 Å². The van der Waals surface area contributed by atoms with E-state index in [2.05, 4.69) is 16.0 Å². The lowest BCUT2D eigenvalue weighted by atomic mass is 9.98. The Bertz CT molecular complexity index is 1120. The van der Waals surface area contributed by atoms with E-state index in [9.17, 15) is 29.4 Å². The molecular weight excluding hydrogens is 532 g/mol. The van der Waals surface area contributed by atoms with Crippen molar-refractivity contribution in [3.8, 4) is 5.75 Å². The zero-order chi connectivity index (χ0) is 29.7. The lowest BCUT2D eigenvalue weighted by molar-refractivity contribution is -0.143. The van der Waals surface area contributed by atoms with Crippen molar-refractivity contribution < 1.29 is 29.4 Å². The molecule has 10 nitrogen and oxygen atoms in total. The first kappa shape index (κ1) is 32.6. The second kappa shape index (κ2) is 16.5. The van der Waals surface area contributed by atoms with Crippen LogP contribution < -0.4 is 21.7 Å². The SMILES string of the molecule is CCC(C)C(NC(=O)C(CCSC)NC(=O)C(Cc1ccccc1)NC(=O)C(N)Cc1ccc(O)cc1)C(=O)O. The number of aromatic hydroxyl groups is 1. The van der Waals surface area contributed by atoms with Crippen molar-refractivity contribution in [3.63, 3.8) is 0 Å². The Labute approximate surface area is 239 Å². The molecule has 0 fully saturated rings. The summed E-state index contributed by atoms with van der Waals surface area (Å²) in [5, 5.41) is 27.1. The molecule has 2 aromatic carbocycles. The van der Waals surface area contributed by atoms with E-state index in [0.29, 0.717) is 12.2 Å². The number of phenols is 1. The summed E-state index contributed by atoms with van der Waals surface area (Å²) in [5.74, 6) is -2.52. The second-order valence-corrected chi connectivity index (χ2v) is 10.8. The number of hydrogen-bond donors (Lipinski definition) is 6. The molecule has 5 unspecified atom stereocenters. The van der Waals surface area contributed by atoms with Crippen molar-refractivity contribution in [1.82, 2.24) is 16.0 Å². The molecule has 0 aliphatic carbocycles. The molecule has 11 heteroatoms. The van der Waals surface area contributed by atoms with Crippen molar-refractivity contribution in [1.29, 1.82) is 0 Å². The highest BCUT2D eigenvalue weighted by Gasteiger charge is 2.32. The third kappa shape index (κ3) is 10.5. The summed E-state index contributed by atoms with van der Waals surface area (Å²) in [6.07, 6.45) is 3.04. The number of benzene rings is 2. The average Bonchev–Trinajstić information content (AvgIpc) is 2.94. The number of phenolic OH excluding ortho intramolecular Hbond substituents is 1. The highest BCUT2D eigenvalue weighted by Crippen LogP contribution is 2.12. The summed E-state index contributed by atoms with van der Waals surface area (Å²) in [5.41, 5.74) is 7.68. The van der Waals surface area contributed by atoms with Gasteiger partial charge in [-0.3, -0.25) is 14.4 Å². The zero-order valence-corrected chi connectivity index (χ0v) is 23.9. The van der Waals surface area contributed by atoms with Crippen LogP contribution in [0.15, 0.2) is 54.6 Å². The molecule has 0 radical (unpaired) electrons. The highest BCUT2D eigenvalue weighted by atomic mass is 32.2. The van der Waals surface area contributed by atoms with Crippen molar-refractivity contribution in [3.05, 3.63) is 65.7 Å². The third-order valence-electron chi connectivity index (χ3n) is 6.66. The lowest BCUT2D eigenvalue weighted by Crippen LogP contribution is -2.58. The number of carbonyl (C=O) groups is 4. The van der Waals surface area contributed by atoms with Crippen LogP contribution in [-0.2, 0) is 32.0 Å². The minimum atomic E-state index is -1.14. The van der Waals surface area contributed by atoms with Gasteiger partial charge in [0.2, 0.25) is 17.7 Å². The smallest absolute Gasteiger partial charge is 0.326 e. The predicted molar refractivity (Wildman–Crippen MR) is 156 cm³/mol. The van der Waals surface area contributed by atoms with Crippen molar-refractivity contribution in [2.75, 3.05) is 12.0 Å². The van der Waals surface area contributed by atoms with Gasteiger partial charge in [0.25, 0.3) is 0 Å². The van der Waals surface area contributed by atoms with E-state index in [0.717, 1.165) is 11.1 Å². The average molecular weight is 573 g/mol. The van der Waals surface area contributed by atoms with E-state index in [1.165, 1.54) is 23.9 Å². The summed E-state index contributed by atoms with van der Waals surface area (Å²) in [6.45, 7) is 3.57. The molecule has 3 amide bonds. The van der Waals surface area contributed by atoms with Crippen molar-refractivity contribution >= 4 is 35.5 Å². The van der Waals surface area contributed by atoms with Crippen molar-refractivity contribution in [2.24, 2.45) is 11.7 Å². The van der Waals surface area contributed by atoms with Crippen LogP contribution in [0.2, 0.25) is 0 Å². The van der Waals surface area contributed by atoms with Gasteiger partial charge in [0.05, 0.1) is 6.04 Å². The van der Waals surface area contributed by atoms with E-state index in [4.69, 9.17) is 5.73 Å². The van der Waals surface area contributed by atoms with Gasteiger partial charge in [0.1, 0.15) is 23.9 Å². The Hall–Kier alpha value is -3.57. The van der Waals surface area contributed by atoms with Gasteiger partial charge in [0.15, 0.2) is 0 Å². The number of carbonyl (C=O) groups excluding carboxylic acids is 3. The fraction of sp³-hybridized carbons (Fsp3) is 0.448. The van der Waals surface area contributed by atoms with E-state index in [1.807, 2.05) is 43.5 Å². The predicted octanol–water partition coefficient (Wildman–Crippen LogP) is 1.84. The fourth-order valence-electron chi connectivity index (χ4n) is 4.03. The van der Waals surface area contributed by atoms with E-state index in [-0.39, 0.29) is 30.9 Å². The molecule has 0 aromatic heterocycles. The second-order valence-electron chi connectivity index (χ2n) is 9.78. The Balaban J connectivity index is 2.21. The minimum absolute atomic E-state index is 0.0975. The molecule has 5 atom stereocenters. The first-order chi connectivity index (χ1) is 19.0. The Morgan fingerprint density at radius 2 is 1.43 bits per heavy atom. The Morgan fingerprint density at radius 3 is 2.00 bits per heavy atom. The molecule has 2 aromatic rings. The maximum atomic E-state index is 13.5. The number of hydrogen-bond acceptors (Lipinski definition) is 7.